The molecule has 0 aliphatic rings. The van der Waals surface area contributed by atoms with Crippen LogP contribution >= 0.6 is 0 Å². The highest BCUT2D eigenvalue weighted by Crippen LogP contribution is 2.38. The molecule has 3 nitrogen and oxygen atoms in total. The molecule has 0 unspecified atom stereocenters. The van der Waals surface area contributed by atoms with E-state index >= 15 is 0 Å². The molecule has 276 valence electrons. The summed E-state index contributed by atoms with van der Waals surface area (Å²) < 4.78 is 2.29. The lowest BCUT2D eigenvalue weighted by Gasteiger charge is -2.16. The van der Waals surface area contributed by atoms with Crippen LogP contribution in [-0.2, 0) is 0 Å². The average molecular weight is 752 g/mol. The van der Waals surface area contributed by atoms with Crippen molar-refractivity contribution in [2.75, 3.05) is 0 Å². The van der Waals surface area contributed by atoms with Crippen molar-refractivity contribution >= 4 is 54.3 Å². The molecule has 11 aromatic rings. The predicted molar refractivity (Wildman–Crippen MR) is 248 cm³/mol. The van der Waals surface area contributed by atoms with Gasteiger partial charge in [0.2, 0.25) is 5.95 Å². The minimum absolute atomic E-state index is 0.602. The third-order valence-corrected chi connectivity index (χ3v) is 11.5. The number of nitrogens with zero attached hydrogens (tertiary/aromatic N) is 3. The summed E-state index contributed by atoms with van der Waals surface area (Å²) >= 11 is 0. The summed E-state index contributed by atoms with van der Waals surface area (Å²) in [5, 5.41) is 7.84. The van der Waals surface area contributed by atoms with E-state index in [0.29, 0.717) is 5.95 Å². The Bertz CT molecular complexity index is 3260. The van der Waals surface area contributed by atoms with Crippen LogP contribution in [0.3, 0.4) is 0 Å². The van der Waals surface area contributed by atoms with Crippen LogP contribution in [0.1, 0.15) is 0 Å². The Hall–Kier alpha value is -7.88. The summed E-state index contributed by atoms with van der Waals surface area (Å²) in [6, 6.07) is 80.2. The molecule has 9 aromatic carbocycles. The molecule has 11 rings (SSSR count). The van der Waals surface area contributed by atoms with Gasteiger partial charge < -0.3 is 0 Å². The van der Waals surface area contributed by atoms with Gasteiger partial charge in [-0.2, -0.15) is 0 Å². The van der Waals surface area contributed by atoms with Gasteiger partial charge in [0, 0.05) is 21.7 Å². The standard InChI is InChI=1S/C56H37N3/c1-4-16-38(17-5-1)41-28-30-42(31-29-41)55-49-26-14-15-27-52(49)57-56(58-55)59-53-34-32-43(39-18-6-2-7-19-39)36-50(53)47-24-12-10-22-45(47)46-23-11-13-25-48(46)51-37-44(33-35-54(51)59)40-20-8-3-9-21-40/h1-37H. The van der Waals surface area contributed by atoms with Crippen LogP contribution < -0.4 is 0 Å². The SMILES string of the molecule is c1ccc(-c2ccc(-c3nc(-n4c5ccc(-c6ccccc6)cc5c5ccccc5c5ccccc5c5cc(-c6ccccc6)ccc54)nc4ccccc34)cc2)cc1. The minimum Gasteiger partial charge on any atom is -0.278 e. The molecule has 0 aliphatic carbocycles. The van der Waals surface area contributed by atoms with E-state index in [1.807, 2.05) is 0 Å². The van der Waals surface area contributed by atoms with Crippen molar-refractivity contribution in [3.8, 4) is 50.6 Å². The average Bonchev–Trinajstić information content (AvgIpc) is 3.36. The van der Waals surface area contributed by atoms with Gasteiger partial charge in [-0.3, -0.25) is 4.57 Å². The summed E-state index contributed by atoms with van der Waals surface area (Å²) in [5.74, 6) is 0.602. The molecule has 0 bridgehead atoms. The summed E-state index contributed by atoms with van der Waals surface area (Å²) in [4.78, 5) is 11.0. The molecular formula is C56H37N3. The van der Waals surface area contributed by atoms with E-state index < -0.39 is 0 Å². The molecule has 0 N–H and O–H groups in total. The number of hydrogen-bond donors (Lipinski definition) is 0. The second-order valence-electron chi connectivity index (χ2n) is 15.0. The first-order valence-corrected chi connectivity index (χ1v) is 20.1. The Morgan fingerprint density at radius 3 is 1.10 bits per heavy atom. The van der Waals surface area contributed by atoms with Crippen molar-refractivity contribution in [2.24, 2.45) is 0 Å². The van der Waals surface area contributed by atoms with Crippen molar-refractivity contribution in [3.63, 3.8) is 0 Å². The fourth-order valence-electron chi connectivity index (χ4n) is 8.60. The Morgan fingerprint density at radius 2 is 0.610 bits per heavy atom. The summed E-state index contributed by atoms with van der Waals surface area (Å²) in [5.41, 5.74) is 11.8. The van der Waals surface area contributed by atoms with Gasteiger partial charge in [-0.05, 0) is 85.3 Å². The zero-order valence-corrected chi connectivity index (χ0v) is 32.2. The maximum absolute atomic E-state index is 5.59. The minimum atomic E-state index is 0.602. The first-order valence-electron chi connectivity index (χ1n) is 20.1. The first-order chi connectivity index (χ1) is 29.3. The van der Waals surface area contributed by atoms with Crippen LogP contribution in [0, 0.1) is 0 Å². The topological polar surface area (TPSA) is 30.7 Å². The highest BCUT2D eigenvalue weighted by molar-refractivity contribution is 6.20. The van der Waals surface area contributed by atoms with Crippen LogP contribution in [0.2, 0.25) is 0 Å². The van der Waals surface area contributed by atoms with Gasteiger partial charge in [0.1, 0.15) is 0 Å². The smallest absolute Gasteiger partial charge is 0.235 e. The molecule has 0 spiro atoms. The number of benzene rings is 9. The fraction of sp³-hybridized carbons (Fsp3) is 0. The van der Waals surface area contributed by atoms with Gasteiger partial charge in [-0.1, -0.05) is 194 Å². The van der Waals surface area contributed by atoms with Crippen molar-refractivity contribution in [3.05, 3.63) is 224 Å². The van der Waals surface area contributed by atoms with E-state index in [1.54, 1.807) is 0 Å². The van der Waals surface area contributed by atoms with Crippen molar-refractivity contribution < 1.29 is 0 Å². The zero-order chi connectivity index (χ0) is 39.1. The Kier molecular flexibility index (Phi) is 8.49. The van der Waals surface area contributed by atoms with E-state index in [9.17, 15) is 0 Å². The Balaban J connectivity index is 1.31. The highest BCUT2D eigenvalue weighted by atomic mass is 15.2. The van der Waals surface area contributed by atoms with Crippen molar-refractivity contribution in [1.82, 2.24) is 14.5 Å². The summed E-state index contributed by atoms with van der Waals surface area (Å²) in [7, 11) is 0. The Labute approximate surface area is 342 Å². The molecule has 0 aliphatic heterocycles. The van der Waals surface area contributed by atoms with Crippen LogP contribution in [0.25, 0.3) is 105 Å². The monoisotopic (exact) mass is 751 g/mol. The van der Waals surface area contributed by atoms with Crippen molar-refractivity contribution in [2.45, 2.75) is 0 Å². The van der Waals surface area contributed by atoms with Gasteiger partial charge in [0.05, 0.1) is 22.2 Å². The molecule has 2 heterocycles. The first kappa shape index (κ1) is 34.4. The lowest BCUT2D eigenvalue weighted by Crippen LogP contribution is -2.05. The molecule has 0 fully saturated rings. The van der Waals surface area contributed by atoms with Crippen LogP contribution in [0.5, 0.6) is 0 Å². The van der Waals surface area contributed by atoms with E-state index in [1.165, 1.54) is 16.3 Å². The maximum atomic E-state index is 5.59. The van der Waals surface area contributed by atoms with Crippen molar-refractivity contribution in [1.29, 1.82) is 0 Å². The largest absolute Gasteiger partial charge is 0.278 e. The molecule has 0 saturated carbocycles. The van der Waals surface area contributed by atoms with Gasteiger partial charge in [-0.15, -0.1) is 0 Å². The van der Waals surface area contributed by atoms with Gasteiger partial charge in [0.25, 0.3) is 0 Å². The normalized spacial score (nSPS) is 11.4. The molecule has 3 heteroatoms. The highest BCUT2D eigenvalue weighted by Gasteiger charge is 2.17. The molecule has 2 aromatic heterocycles. The van der Waals surface area contributed by atoms with Crippen LogP contribution in [-0.4, -0.2) is 14.5 Å². The third kappa shape index (κ3) is 6.17. The number of fused-ring (bicyclic) bond motifs is 8. The number of hydrogen-bond acceptors (Lipinski definition) is 2. The lowest BCUT2D eigenvalue weighted by atomic mass is 9.98. The quantitative estimate of drug-likeness (QED) is 0.175. The molecular weight excluding hydrogens is 715 g/mol. The molecule has 59 heavy (non-hydrogen) atoms. The summed E-state index contributed by atoms with van der Waals surface area (Å²) in [6.07, 6.45) is 0. The Morgan fingerprint density at radius 1 is 0.254 bits per heavy atom. The molecule has 0 saturated heterocycles. The third-order valence-electron chi connectivity index (χ3n) is 11.5. The predicted octanol–water partition coefficient (Wildman–Crippen LogP) is 14.8. The molecule has 0 atom stereocenters. The fourth-order valence-corrected chi connectivity index (χ4v) is 8.60. The zero-order valence-electron chi connectivity index (χ0n) is 32.2. The second kappa shape index (κ2) is 14.6. The number of rotatable bonds is 5. The van der Waals surface area contributed by atoms with E-state index in [4.69, 9.17) is 9.97 Å². The van der Waals surface area contributed by atoms with Gasteiger partial charge in [-0.25, -0.2) is 9.97 Å². The molecule has 0 amide bonds. The molecule has 0 radical (unpaired) electrons. The van der Waals surface area contributed by atoms with E-state index in [2.05, 4.69) is 229 Å². The second-order valence-corrected chi connectivity index (χ2v) is 15.0. The van der Waals surface area contributed by atoms with Crippen LogP contribution in [0.15, 0.2) is 224 Å². The van der Waals surface area contributed by atoms with Gasteiger partial charge >= 0.3 is 0 Å². The maximum Gasteiger partial charge on any atom is 0.235 e. The van der Waals surface area contributed by atoms with E-state index in [-0.39, 0.29) is 0 Å². The van der Waals surface area contributed by atoms with Crippen LogP contribution in [0.4, 0.5) is 0 Å². The summed E-state index contributed by atoms with van der Waals surface area (Å²) in [6.45, 7) is 0. The number of aromatic nitrogens is 3. The lowest BCUT2D eigenvalue weighted by molar-refractivity contribution is 1.01. The van der Waals surface area contributed by atoms with Gasteiger partial charge in [0.15, 0.2) is 0 Å². The number of para-hydroxylation sites is 1. The van der Waals surface area contributed by atoms with E-state index in [0.717, 1.165) is 82.6 Å².